The Bertz CT molecular complexity index is 2300. The van der Waals surface area contributed by atoms with Gasteiger partial charge in [0.1, 0.15) is 5.75 Å². The van der Waals surface area contributed by atoms with Crippen molar-refractivity contribution in [2.45, 2.75) is 95.4 Å². The number of hydrogen-bond acceptors (Lipinski definition) is 6. The molecule has 3 aliphatic carbocycles. The molecule has 7 heteroatoms. The predicted octanol–water partition coefficient (Wildman–Crippen LogP) is 10.5. The molecule has 58 heavy (non-hydrogen) atoms. The fraction of sp³-hybridized carbons (Fsp3) is 0.373. The number of hydrogen-bond donors (Lipinski definition) is 2. The van der Waals surface area contributed by atoms with Crippen molar-refractivity contribution in [3.8, 4) is 16.9 Å². The summed E-state index contributed by atoms with van der Waals surface area (Å²) in [5, 5.41) is 26.4. The molecule has 2 fully saturated rings. The van der Waals surface area contributed by atoms with Gasteiger partial charge in [-0.15, -0.1) is 0 Å². The molecule has 0 spiro atoms. The SMILES string of the molecule is CC1=CCC[C@@]2(C)[C@@H](CC[C@@]2(O)CN(C[C@H]2CCCO2)C(=O)Oc2ccc3ccccc3c2)c2ccc(cc2C(=O)c2ccccc2-c2ccccc2)C[C@@H](O)CC1. The van der Waals surface area contributed by atoms with Crippen molar-refractivity contribution in [3.63, 3.8) is 0 Å². The van der Waals surface area contributed by atoms with Crippen LogP contribution in [0, 0.1) is 5.41 Å². The third-order valence-electron chi connectivity index (χ3n) is 13.3. The van der Waals surface area contributed by atoms with E-state index in [0.717, 1.165) is 52.3 Å². The van der Waals surface area contributed by atoms with Gasteiger partial charge in [-0.05, 0) is 122 Å². The maximum atomic E-state index is 15.1. The summed E-state index contributed by atoms with van der Waals surface area (Å²) in [5.41, 5.74) is 4.00. The van der Waals surface area contributed by atoms with Gasteiger partial charge in [-0.1, -0.05) is 116 Å². The van der Waals surface area contributed by atoms with E-state index in [9.17, 15) is 15.0 Å². The first-order chi connectivity index (χ1) is 28.1. The number of fused-ring (bicyclic) bond motifs is 9. The van der Waals surface area contributed by atoms with Crippen molar-refractivity contribution in [2.24, 2.45) is 5.41 Å². The Labute approximate surface area is 342 Å². The van der Waals surface area contributed by atoms with E-state index in [0.29, 0.717) is 68.6 Å². The summed E-state index contributed by atoms with van der Waals surface area (Å²) in [6.45, 7) is 5.29. The van der Waals surface area contributed by atoms with Crippen LogP contribution < -0.4 is 4.74 Å². The zero-order valence-electron chi connectivity index (χ0n) is 33.7. The summed E-state index contributed by atoms with van der Waals surface area (Å²) in [7, 11) is 0. The van der Waals surface area contributed by atoms with Gasteiger partial charge in [0.2, 0.25) is 0 Å². The molecule has 0 unspecified atom stereocenters. The van der Waals surface area contributed by atoms with E-state index in [1.807, 2.05) is 103 Å². The lowest BCUT2D eigenvalue weighted by Crippen LogP contribution is -2.55. The molecule has 1 aliphatic heterocycles. The molecule has 0 radical (unpaired) electrons. The Balaban J connectivity index is 1.18. The van der Waals surface area contributed by atoms with Crippen LogP contribution in [0.3, 0.4) is 0 Å². The van der Waals surface area contributed by atoms with E-state index >= 15 is 4.79 Å². The molecule has 4 aliphatic rings. The molecule has 0 aromatic heterocycles. The number of benzene rings is 5. The van der Waals surface area contributed by atoms with Gasteiger partial charge in [-0.3, -0.25) is 4.79 Å². The quantitative estimate of drug-likeness (QED) is 0.120. The van der Waals surface area contributed by atoms with Crippen LogP contribution in [0.4, 0.5) is 4.79 Å². The Morgan fingerprint density at radius 1 is 0.845 bits per heavy atom. The first kappa shape index (κ1) is 39.7. The van der Waals surface area contributed by atoms with Crippen LogP contribution in [0.2, 0.25) is 0 Å². The minimum atomic E-state index is -1.31. The van der Waals surface area contributed by atoms with Gasteiger partial charge in [0.05, 0.1) is 30.9 Å². The lowest BCUT2D eigenvalue weighted by atomic mass is 9.64. The van der Waals surface area contributed by atoms with Gasteiger partial charge in [0.25, 0.3) is 0 Å². The minimum Gasteiger partial charge on any atom is -0.410 e. The van der Waals surface area contributed by atoms with Gasteiger partial charge in [0, 0.05) is 23.1 Å². The molecule has 9 rings (SSSR count). The predicted molar refractivity (Wildman–Crippen MR) is 229 cm³/mol. The Morgan fingerprint density at radius 2 is 1.62 bits per heavy atom. The van der Waals surface area contributed by atoms with E-state index < -0.39 is 23.2 Å². The van der Waals surface area contributed by atoms with Crippen molar-refractivity contribution in [1.82, 2.24) is 4.90 Å². The molecule has 300 valence electrons. The van der Waals surface area contributed by atoms with Crippen LogP contribution in [0.5, 0.6) is 5.75 Å². The second kappa shape index (κ2) is 17.0. The Kier molecular flexibility index (Phi) is 11.7. The van der Waals surface area contributed by atoms with Gasteiger partial charge in [-0.2, -0.15) is 0 Å². The van der Waals surface area contributed by atoms with E-state index in [-0.39, 0.29) is 24.3 Å². The number of allylic oxidation sites excluding steroid dienone is 2. The number of amides is 1. The summed E-state index contributed by atoms with van der Waals surface area (Å²) in [6.07, 6.45) is 7.03. The zero-order valence-corrected chi connectivity index (χ0v) is 33.7. The third-order valence-corrected chi connectivity index (χ3v) is 13.3. The average Bonchev–Trinajstić information content (AvgIpc) is 3.84. The minimum absolute atomic E-state index is 0.0688. The summed E-state index contributed by atoms with van der Waals surface area (Å²) in [5.74, 6) is 0.175. The number of aliphatic hydroxyl groups is 2. The molecule has 1 saturated carbocycles. The largest absolute Gasteiger partial charge is 0.415 e. The van der Waals surface area contributed by atoms with E-state index in [4.69, 9.17) is 9.47 Å². The highest BCUT2D eigenvalue weighted by Gasteiger charge is 2.58. The summed E-state index contributed by atoms with van der Waals surface area (Å²) < 4.78 is 12.1. The molecular formula is C51H55NO6. The number of carbonyl (C=O) groups is 2. The maximum absolute atomic E-state index is 15.1. The van der Waals surface area contributed by atoms with Crippen LogP contribution in [0.25, 0.3) is 21.9 Å². The van der Waals surface area contributed by atoms with E-state index in [1.54, 1.807) is 4.90 Å². The van der Waals surface area contributed by atoms with Crippen LogP contribution in [-0.2, 0) is 11.2 Å². The standard InChI is InChI=1S/C51H55NO6/c1-35-12-10-27-50(2)47(26-28-51(50,56)34-52(33-42-17-11-29-57-42)49(55)58-41-24-22-37-13-6-7-16-39(37)32-41)44-25-21-36(30-40(53)23-20-35)31-46(44)48(54)45-19-9-8-18-43(45)38-14-4-3-5-15-38/h3-9,12-16,18-19,21-22,24-25,31-32,40,42,47,53,56H,10-11,17,20,23,26-30,33-34H2,1-2H3/t40-,42+,47-,50-,51+/m0/s1. The summed E-state index contributed by atoms with van der Waals surface area (Å²) in [6, 6.07) is 37.5. The first-order valence-corrected chi connectivity index (χ1v) is 21.1. The number of rotatable bonds is 8. The normalized spacial score (nSPS) is 24.8. The van der Waals surface area contributed by atoms with Crippen molar-refractivity contribution in [2.75, 3.05) is 19.7 Å². The molecular weight excluding hydrogens is 723 g/mol. The molecule has 7 nitrogen and oxygen atoms in total. The maximum Gasteiger partial charge on any atom is 0.415 e. The molecule has 2 N–H and O–H groups in total. The van der Waals surface area contributed by atoms with Crippen LogP contribution in [0.1, 0.15) is 98.2 Å². The van der Waals surface area contributed by atoms with Gasteiger partial charge >= 0.3 is 6.09 Å². The number of carbonyl (C=O) groups excluding carboxylic acids is 2. The van der Waals surface area contributed by atoms with Gasteiger partial charge in [0.15, 0.2) is 5.78 Å². The van der Waals surface area contributed by atoms with E-state index in [2.05, 4.69) is 32.1 Å². The van der Waals surface area contributed by atoms with Crippen molar-refractivity contribution in [3.05, 3.63) is 149 Å². The topological polar surface area (TPSA) is 96.3 Å². The fourth-order valence-electron chi connectivity index (χ4n) is 9.84. The highest BCUT2D eigenvalue weighted by atomic mass is 16.6. The van der Waals surface area contributed by atoms with Crippen LogP contribution in [0.15, 0.2) is 127 Å². The Hall–Kier alpha value is -5.08. The van der Waals surface area contributed by atoms with E-state index in [1.165, 1.54) is 5.57 Å². The first-order valence-electron chi connectivity index (χ1n) is 21.1. The summed E-state index contributed by atoms with van der Waals surface area (Å²) in [4.78, 5) is 31.0. The number of aliphatic hydroxyl groups excluding tert-OH is 1. The highest BCUT2D eigenvalue weighted by Crippen LogP contribution is 2.59. The lowest BCUT2D eigenvalue weighted by molar-refractivity contribution is -0.0831. The van der Waals surface area contributed by atoms with Gasteiger partial charge in [-0.25, -0.2) is 4.79 Å². The van der Waals surface area contributed by atoms with Crippen molar-refractivity contribution in [1.29, 1.82) is 0 Å². The molecule has 1 saturated heterocycles. The molecule has 1 amide bonds. The monoisotopic (exact) mass is 777 g/mol. The third kappa shape index (κ3) is 8.26. The average molecular weight is 778 g/mol. The van der Waals surface area contributed by atoms with Gasteiger partial charge < -0.3 is 24.6 Å². The molecule has 5 aromatic rings. The summed E-state index contributed by atoms with van der Waals surface area (Å²) >= 11 is 0. The Morgan fingerprint density at radius 3 is 2.43 bits per heavy atom. The molecule has 5 atom stereocenters. The van der Waals surface area contributed by atoms with Crippen LogP contribution >= 0.6 is 0 Å². The number of ketones is 1. The highest BCUT2D eigenvalue weighted by molar-refractivity contribution is 6.14. The number of nitrogens with zero attached hydrogens (tertiary/aromatic N) is 1. The smallest absolute Gasteiger partial charge is 0.410 e. The number of ether oxygens (including phenoxy) is 2. The fourth-order valence-corrected chi connectivity index (χ4v) is 9.84. The second-order valence-electron chi connectivity index (χ2n) is 17.1. The molecule has 5 aromatic carbocycles. The zero-order chi connectivity index (χ0) is 40.3. The lowest BCUT2D eigenvalue weighted by Gasteiger charge is -2.46. The van der Waals surface area contributed by atoms with Crippen molar-refractivity contribution >= 4 is 22.6 Å². The van der Waals surface area contributed by atoms with Crippen molar-refractivity contribution < 1.29 is 29.3 Å². The van der Waals surface area contributed by atoms with Crippen LogP contribution in [-0.4, -0.2) is 64.5 Å². The molecule has 2 bridgehead atoms. The second-order valence-corrected chi connectivity index (χ2v) is 17.1. The molecule has 1 heterocycles.